The minimum Gasteiger partial charge on any atom is -0.410 e. The molecule has 0 aromatic heterocycles. The molecule has 88 valence electrons. The third-order valence-corrected chi connectivity index (χ3v) is 3.43. The van der Waals surface area contributed by atoms with Crippen LogP contribution in [0.25, 0.3) is 0 Å². The second-order valence-electron chi connectivity index (χ2n) is 3.72. The highest BCUT2D eigenvalue weighted by molar-refractivity contribution is 8.14. The molecule has 0 saturated carbocycles. The molecule has 0 spiro atoms. The molecule has 0 heterocycles. The predicted octanol–water partition coefficient (Wildman–Crippen LogP) is 1.94. The van der Waals surface area contributed by atoms with Crippen LogP contribution in [-0.2, 0) is 4.79 Å². The Hall–Kier alpha value is -0.710. The van der Waals surface area contributed by atoms with Crippen molar-refractivity contribution in [1.82, 2.24) is 5.32 Å². The highest BCUT2D eigenvalue weighted by Crippen LogP contribution is 2.19. The van der Waals surface area contributed by atoms with Crippen molar-refractivity contribution in [2.75, 3.05) is 12.8 Å². The van der Waals surface area contributed by atoms with Gasteiger partial charge in [0.1, 0.15) is 5.04 Å². The van der Waals surface area contributed by atoms with Gasteiger partial charge in [0.15, 0.2) is 0 Å². The Balaban J connectivity index is 4.42. The van der Waals surface area contributed by atoms with Crippen molar-refractivity contribution in [3.63, 3.8) is 0 Å². The van der Waals surface area contributed by atoms with Crippen LogP contribution in [0, 0.1) is 11.8 Å². The van der Waals surface area contributed by atoms with Gasteiger partial charge in [0, 0.05) is 12.8 Å². The summed E-state index contributed by atoms with van der Waals surface area (Å²) in [7, 11) is 1.59. The van der Waals surface area contributed by atoms with E-state index in [1.54, 1.807) is 7.05 Å². The van der Waals surface area contributed by atoms with Crippen molar-refractivity contribution in [3.05, 3.63) is 0 Å². The normalized spacial score (nSPS) is 14.1. The van der Waals surface area contributed by atoms with Gasteiger partial charge in [-0.05, 0) is 12.3 Å². The van der Waals surface area contributed by atoms with Gasteiger partial charge < -0.3 is 10.5 Å². The van der Waals surface area contributed by atoms with Gasteiger partial charge in [-0.25, -0.2) is 0 Å². The fourth-order valence-electron chi connectivity index (χ4n) is 1.10. The van der Waals surface area contributed by atoms with Crippen LogP contribution in [0.3, 0.4) is 0 Å². The van der Waals surface area contributed by atoms with E-state index in [9.17, 15) is 4.79 Å². The van der Waals surface area contributed by atoms with E-state index >= 15 is 0 Å². The van der Waals surface area contributed by atoms with Crippen molar-refractivity contribution in [2.45, 2.75) is 27.2 Å². The Kier molecular flexibility index (Phi) is 7.21. The maximum absolute atomic E-state index is 11.5. The third-order valence-electron chi connectivity index (χ3n) is 1.93. The molecule has 0 saturated heterocycles. The first-order valence-electron chi connectivity index (χ1n) is 5.13. The lowest BCUT2D eigenvalue weighted by Gasteiger charge is -2.14. The molecule has 0 rings (SSSR count). The number of nitrogens with one attached hydrogen (secondary N) is 1. The fraction of sp³-hybridized carbons (Fsp3) is 0.800. The zero-order valence-corrected chi connectivity index (χ0v) is 10.6. The average Bonchev–Trinajstić information content (AvgIpc) is 2.22. The summed E-state index contributed by atoms with van der Waals surface area (Å²) in [6.07, 6.45) is 0.643. The number of carbonyl (C=O) groups excluding carboxylic acids is 1. The summed E-state index contributed by atoms with van der Waals surface area (Å²) in [5.74, 6) is 0.937. The molecule has 1 amide bonds. The van der Waals surface area contributed by atoms with Crippen molar-refractivity contribution in [1.29, 1.82) is 0 Å². The number of hydrogen-bond donors (Lipinski definition) is 2. The number of nitrogens with zero attached hydrogens (tertiary/aromatic N) is 1. The molecule has 0 radical (unpaired) electrons. The summed E-state index contributed by atoms with van der Waals surface area (Å²) in [6, 6.07) is 0. The lowest BCUT2D eigenvalue weighted by molar-refractivity contribution is -0.122. The van der Waals surface area contributed by atoms with Gasteiger partial charge in [-0.1, -0.05) is 25.9 Å². The standard InChI is InChI=1S/C10H20N2O2S/c1-5-8(9(13)11-4)10(12-14)15-6-7(2)3/h7-8,14H,5-6H2,1-4H3,(H,11,13). The first kappa shape index (κ1) is 14.3. The maximum Gasteiger partial charge on any atom is 0.229 e. The summed E-state index contributed by atoms with van der Waals surface area (Å²) < 4.78 is 0. The number of amides is 1. The molecule has 0 aliphatic rings. The van der Waals surface area contributed by atoms with Gasteiger partial charge in [-0.15, -0.1) is 11.8 Å². The molecule has 4 nitrogen and oxygen atoms in total. The SMILES string of the molecule is CCC(C(=O)NC)C(=NO)SCC(C)C. The van der Waals surface area contributed by atoms with E-state index in [1.165, 1.54) is 11.8 Å². The van der Waals surface area contributed by atoms with Crippen molar-refractivity contribution >= 4 is 22.7 Å². The molecular weight excluding hydrogens is 212 g/mol. The van der Waals surface area contributed by atoms with Crippen LogP contribution >= 0.6 is 11.8 Å². The molecule has 1 atom stereocenters. The van der Waals surface area contributed by atoms with E-state index in [2.05, 4.69) is 24.3 Å². The van der Waals surface area contributed by atoms with Crippen LogP contribution in [0.1, 0.15) is 27.2 Å². The number of hydrogen-bond acceptors (Lipinski definition) is 4. The highest BCUT2D eigenvalue weighted by Gasteiger charge is 2.22. The molecule has 0 fully saturated rings. The Morgan fingerprint density at radius 2 is 2.13 bits per heavy atom. The minimum atomic E-state index is -0.330. The Bertz CT molecular complexity index is 229. The van der Waals surface area contributed by atoms with Crippen LogP contribution in [0.15, 0.2) is 5.16 Å². The predicted molar refractivity (Wildman–Crippen MR) is 64.4 cm³/mol. The Labute approximate surface area is 95.5 Å². The maximum atomic E-state index is 11.5. The summed E-state index contributed by atoms with van der Waals surface area (Å²) >= 11 is 1.45. The summed E-state index contributed by atoms with van der Waals surface area (Å²) in [5, 5.41) is 15.2. The zero-order chi connectivity index (χ0) is 11.8. The van der Waals surface area contributed by atoms with E-state index in [0.717, 1.165) is 5.75 Å². The lowest BCUT2D eigenvalue weighted by Crippen LogP contribution is -2.31. The number of thioether (sulfide) groups is 1. The topological polar surface area (TPSA) is 61.7 Å². The largest absolute Gasteiger partial charge is 0.410 e. The van der Waals surface area contributed by atoms with Gasteiger partial charge >= 0.3 is 0 Å². The molecule has 0 bridgehead atoms. The van der Waals surface area contributed by atoms with E-state index < -0.39 is 0 Å². The molecule has 1 unspecified atom stereocenters. The Morgan fingerprint density at radius 3 is 2.47 bits per heavy atom. The van der Waals surface area contributed by atoms with Gasteiger partial charge in [0.2, 0.25) is 5.91 Å². The quantitative estimate of drug-likeness (QED) is 0.329. The number of oxime groups is 1. The first-order valence-corrected chi connectivity index (χ1v) is 6.11. The van der Waals surface area contributed by atoms with Crippen LogP contribution in [0.2, 0.25) is 0 Å². The summed E-state index contributed by atoms with van der Waals surface area (Å²) in [4.78, 5) is 11.5. The van der Waals surface area contributed by atoms with Crippen LogP contribution in [0.4, 0.5) is 0 Å². The lowest BCUT2D eigenvalue weighted by atomic mass is 10.1. The fourth-order valence-corrected chi connectivity index (χ4v) is 2.13. The second-order valence-corrected chi connectivity index (χ2v) is 4.76. The number of carbonyl (C=O) groups is 1. The van der Waals surface area contributed by atoms with E-state index in [1.807, 2.05) is 6.92 Å². The third kappa shape index (κ3) is 5.06. The van der Waals surface area contributed by atoms with E-state index in [-0.39, 0.29) is 11.8 Å². The molecule has 5 heteroatoms. The van der Waals surface area contributed by atoms with Gasteiger partial charge in [0.05, 0.1) is 5.92 Å². The van der Waals surface area contributed by atoms with Gasteiger partial charge in [-0.3, -0.25) is 4.79 Å². The molecule has 0 aliphatic carbocycles. The summed E-state index contributed by atoms with van der Waals surface area (Å²) in [5.41, 5.74) is 0. The minimum absolute atomic E-state index is 0.0958. The Morgan fingerprint density at radius 1 is 1.53 bits per heavy atom. The van der Waals surface area contributed by atoms with Crippen molar-refractivity contribution in [2.24, 2.45) is 17.0 Å². The molecule has 0 aliphatic heterocycles. The second kappa shape index (κ2) is 7.56. The highest BCUT2D eigenvalue weighted by atomic mass is 32.2. The van der Waals surface area contributed by atoms with Gasteiger partial charge in [0.25, 0.3) is 0 Å². The van der Waals surface area contributed by atoms with E-state index in [4.69, 9.17) is 5.21 Å². The molecule has 2 N–H and O–H groups in total. The molecule has 0 aromatic rings. The van der Waals surface area contributed by atoms with Crippen molar-refractivity contribution < 1.29 is 10.0 Å². The first-order chi connectivity index (χ1) is 7.06. The molecular formula is C10H20N2O2S. The number of rotatable bonds is 5. The average molecular weight is 232 g/mol. The van der Waals surface area contributed by atoms with Gasteiger partial charge in [-0.2, -0.15) is 0 Å². The van der Waals surface area contributed by atoms with E-state index in [0.29, 0.717) is 17.4 Å². The summed E-state index contributed by atoms with van der Waals surface area (Å²) in [6.45, 7) is 6.08. The van der Waals surface area contributed by atoms with Crippen molar-refractivity contribution in [3.8, 4) is 0 Å². The monoisotopic (exact) mass is 232 g/mol. The molecule has 0 aromatic carbocycles. The smallest absolute Gasteiger partial charge is 0.229 e. The zero-order valence-electron chi connectivity index (χ0n) is 9.78. The van der Waals surface area contributed by atoms with Crippen LogP contribution < -0.4 is 5.32 Å². The molecule has 15 heavy (non-hydrogen) atoms. The van der Waals surface area contributed by atoms with Crippen LogP contribution in [0.5, 0.6) is 0 Å². The van der Waals surface area contributed by atoms with Crippen LogP contribution in [-0.4, -0.2) is 29.0 Å².